The highest BCUT2D eigenvalue weighted by molar-refractivity contribution is 5.95. The van der Waals surface area contributed by atoms with Gasteiger partial charge in [-0.15, -0.1) is 0 Å². The first-order chi connectivity index (χ1) is 11.1. The van der Waals surface area contributed by atoms with Gasteiger partial charge in [0, 0.05) is 31.0 Å². The van der Waals surface area contributed by atoms with Crippen LogP contribution in [0.2, 0.25) is 0 Å². The van der Waals surface area contributed by atoms with E-state index in [0.29, 0.717) is 13.2 Å². The number of carbonyl (C=O) groups is 1. The summed E-state index contributed by atoms with van der Waals surface area (Å²) in [5.41, 5.74) is 2.04. The maximum absolute atomic E-state index is 12.4. The van der Waals surface area contributed by atoms with Crippen molar-refractivity contribution in [2.75, 3.05) is 36.5 Å². The topological polar surface area (TPSA) is 53.6 Å². The number of piperidine rings is 1. The Hall–Kier alpha value is -1.59. The van der Waals surface area contributed by atoms with Crippen LogP contribution in [-0.2, 0) is 9.53 Å². The van der Waals surface area contributed by atoms with Gasteiger partial charge in [-0.3, -0.25) is 4.79 Å². The van der Waals surface area contributed by atoms with Crippen molar-refractivity contribution in [3.8, 4) is 0 Å². The van der Waals surface area contributed by atoms with Crippen LogP contribution in [0.25, 0.3) is 0 Å². The Balaban J connectivity index is 1.64. The summed E-state index contributed by atoms with van der Waals surface area (Å²) in [6, 6.07) is 7.86. The van der Waals surface area contributed by atoms with E-state index in [1.807, 2.05) is 19.1 Å². The van der Waals surface area contributed by atoms with Gasteiger partial charge in [0.25, 0.3) is 0 Å². The van der Waals surface area contributed by atoms with Crippen molar-refractivity contribution < 1.29 is 9.53 Å². The molecule has 2 heterocycles. The highest BCUT2D eigenvalue weighted by atomic mass is 16.5. The fourth-order valence-electron chi connectivity index (χ4n) is 3.29. The van der Waals surface area contributed by atoms with Crippen molar-refractivity contribution in [2.24, 2.45) is 5.92 Å². The van der Waals surface area contributed by atoms with Crippen molar-refractivity contribution in [3.63, 3.8) is 0 Å². The van der Waals surface area contributed by atoms with Gasteiger partial charge in [0.1, 0.15) is 6.04 Å². The number of anilines is 2. The number of hydrogen-bond acceptors (Lipinski definition) is 4. The van der Waals surface area contributed by atoms with Crippen LogP contribution in [0.3, 0.4) is 0 Å². The summed E-state index contributed by atoms with van der Waals surface area (Å²) >= 11 is 0. The molecule has 2 aliphatic rings. The van der Waals surface area contributed by atoms with E-state index in [0.717, 1.165) is 24.7 Å². The number of rotatable bonds is 3. The summed E-state index contributed by atoms with van der Waals surface area (Å²) in [6.45, 7) is 7.81. The molecule has 0 aliphatic carbocycles. The summed E-state index contributed by atoms with van der Waals surface area (Å²) in [4.78, 5) is 14.8. The Morgan fingerprint density at radius 2 is 2.09 bits per heavy atom. The fourth-order valence-corrected chi connectivity index (χ4v) is 3.29. The molecule has 1 amide bonds. The number of nitrogens with one attached hydrogen (secondary N) is 2. The third-order valence-corrected chi connectivity index (χ3v) is 4.86. The van der Waals surface area contributed by atoms with E-state index in [9.17, 15) is 4.79 Å². The Morgan fingerprint density at radius 1 is 1.30 bits per heavy atom. The zero-order chi connectivity index (χ0) is 16.2. The molecular formula is C18H27N3O2. The predicted molar refractivity (Wildman–Crippen MR) is 92.9 cm³/mol. The van der Waals surface area contributed by atoms with Gasteiger partial charge in [0.15, 0.2) is 0 Å². The standard InChI is InChI=1S/C18H27N3O2/c1-13-6-9-21(10-7-13)16-5-3-4-15(12-16)20-18(22)17-14(2)23-11-8-19-17/h3-5,12-14,17,19H,6-11H2,1-2H3,(H,20,22)/t14-,17+/m1/s1. The SMILES string of the molecule is CC1CCN(c2cccc(NC(=O)[C@H]3NCCO[C@@H]3C)c2)CC1. The molecule has 5 heteroatoms. The molecule has 2 aliphatic heterocycles. The normalized spacial score (nSPS) is 26.1. The number of benzene rings is 1. The zero-order valence-electron chi connectivity index (χ0n) is 14.0. The lowest BCUT2D eigenvalue weighted by atomic mass is 9.99. The van der Waals surface area contributed by atoms with Gasteiger partial charge in [-0.05, 0) is 43.9 Å². The molecule has 2 saturated heterocycles. The second kappa shape index (κ2) is 7.32. The fraction of sp³-hybridized carbons (Fsp3) is 0.611. The maximum atomic E-state index is 12.4. The smallest absolute Gasteiger partial charge is 0.244 e. The van der Waals surface area contributed by atoms with Gasteiger partial charge in [-0.2, -0.15) is 0 Å². The van der Waals surface area contributed by atoms with Crippen molar-refractivity contribution >= 4 is 17.3 Å². The number of ether oxygens (including phenoxy) is 1. The molecule has 23 heavy (non-hydrogen) atoms. The molecule has 0 radical (unpaired) electrons. The first-order valence-corrected chi connectivity index (χ1v) is 8.64. The molecule has 0 saturated carbocycles. The van der Waals surface area contributed by atoms with E-state index in [4.69, 9.17) is 4.74 Å². The summed E-state index contributed by atoms with van der Waals surface area (Å²) in [5, 5.41) is 6.25. The van der Waals surface area contributed by atoms with Gasteiger partial charge >= 0.3 is 0 Å². The van der Waals surface area contributed by atoms with Crippen LogP contribution in [0, 0.1) is 5.92 Å². The number of morpholine rings is 1. The van der Waals surface area contributed by atoms with Crippen LogP contribution in [-0.4, -0.2) is 44.3 Å². The Labute approximate surface area is 138 Å². The molecule has 2 fully saturated rings. The summed E-state index contributed by atoms with van der Waals surface area (Å²) < 4.78 is 5.55. The molecule has 0 bridgehead atoms. The highest BCUT2D eigenvalue weighted by Crippen LogP contribution is 2.25. The largest absolute Gasteiger partial charge is 0.375 e. The number of nitrogens with zero attached hydrogens (tertiary/aromatic N) is 1. The lowest BCUT2D eigenvalue weighted by Crippen LogP contribution is -2.53. The first kappa shape index (κ1) is 16.3. The molecule has 0 aromatic heterocycles. The van der Waals surface area contributed by atoms with Gasteiger partial charge in [-0.25, -0.2) is 0 Å². The minimum Gasteiger partial charge on any atom is -0.375 e. The van der Waals surface area contributed by atoms with E-state index in [1.54, 1.807) is 0 Å². The third kappa shape index (κ3) is 4.03. The van der Waals surface area contributed by atoms with E-state index in [1.165, 1.54) is 18.5 Å². The molecule has 2 N–H and O–H groups in total. The van der Waals surface area contributed by atoms with E-state index < -0.39 is 0 Å². The molecule has 2 atom stereocenters. The quantitative estimate of drug-likeness (QED) is 0.898. The summed E-state index contributed by atoms with van der Waals surface area (Å²) in [5.74, 6) is 0.787. The average Bonchev–Trinajstić information content (AvgIpc) is 2.56. The molecule has 126 valence electrons. The Bertz CT molecular complexity index is 541. The van der Waals surface area contributed by atoms with Crippen LogP contribution >= 0.6 is 0 Å². The average molecular weight is 317 g/mol. The van der Waals surface area contributed by atoms with Crippen molar-refractivity contribution in [1.29, 1.82) is 0 Å². The highest BCUT2D eigenvalue weighted by Gasteiger charge is 2.28. The van der Waals surface area contributed by atoms with Crippen LogP contribution < -0.4 is 15.5 Å². The van der Waals surface area contributed by atoms with Crippen molar-refractivity contribution in [2.45, 2.75) is 38.8 Å². The molecular weight excluding hydrogens is 290 g/mol. The Kier molecular flexibility index (Phi) is 5.18. The predicted octanol–water partition coefficient (Wildman–Crippen LogP) is 2.24. The van der Waals surface area contributed by atoms with E-state index in [2.05, 4.69) is 34.6 Å². The maximum Gasteiger partial charge on any atom is 0.244 e. The van der Waals surface area contributed by atoms with Crippen LogP contribution in [0.1, 0.15) is 26.7 Å². The summed E-state index contributed by atoms with van der Waals surface area (Å²) in [7, 11) is 0. The number of amides is 1. The minimum atomic E-state index is -0.289. The second-order valence-electron chi connectivity index (χ2n) is 6.72. The van der Waals surface area contributed by atoms with Gasteiger partial charge < -0.3 is 20.3 Å². The molecule has 1 aromatic rings. The lowest BCUT2D eigenvalue weighted by Gasteiger charge is -2.32. The monoisotopic (exact) mass is 317 g/mol. The van der Waals surface area contributed by atoms with Crippen LogP contribution in [0.5, 0.6) is 0 Å². The zero-order valence-corrected chi connectivity index (χ0v) is 14.0. The first-order valence-electron chi connectivity index (χ1n) is 8.64. The lowest BCUT2D eigenvalue weighted by molar-refractivity contribution is -0.123. The molecule has 0 unspecified atom stereocenters. The number of hydrogen-bond donors (Lipinski definition) is 2. The van der Waals surface area contributed by atoms with Gasteiger partial charge in [-0.1, -0.05) is 13.0 Å². The minimum absolute atomic E-state index is 0.0263. The summed E-state index contributed by atoms with van der Waals surface area (Å²) in [6.07, 6.45) is 2.37. The molecule has 5 nitrogen and oxygen atoms in total. The molecule has 3 rings (SSSR count). The van der Waals surface area contributed by atoms with E-state index in [-0.39, 0.29) is 18.1 Å². The van der Waals surface area contributed by atoms with Crippen molar-refractivity contribution in [3.05, 3.63) is 24.3 Å². The van der Waals surface area contributed by atoms with Crippen molar-refractivity contribution in [1.82, 2.24) is 5.32 Å². The Morgan fingerprint density at radius 3 is 2.83 bits per heavy atom. The third-order valence-electron chi connectivity index (χ3n) is 4.86. The van der Waals surface area contributed by atoms with Gasteiger partial charge in [0.2, 0.25) is 5.91 Å². The van der Waals surface area contributed by atoms with E-state index >= 15 is 0 Å². The molecule has 1 aromatic carbocycles. The number of carbonyl (C=O) groups excluding carboxylic acids is 1. The van der Waals surface area contributed by atoms with Crippen LogP contribution in [0.15, 0.2) is 24.3 Å². The molecule has 0 spiro atoms. The van der Waals surface area contributed by atoms with Gasteiger partial charge in [0.05, 0.1) is 12.7 Å². The second-order valence-corrected chi connectivity index (χ2v) is 6.72. The van der Waals surface area contributed by atoms with Crippen LogP contribution in [0.4, 0.5) is 11.4 Å².